The summed E-state index contributed by atoms with van der Waals surface area (Å²) in [6.07, 6.45) is 0.914. The highest BCUT2D eigenvalue weighted by Crippen LogP contribution is 2.29. The molecule has 0 saturated heterocycles. The van der Waals surface area contributed by atoms with E-state index in [4.69, 9.17) is 4.74 Å². The largest absolute Gasteiger partial charge is 0.460 e. The highest BCUT2D eigenvalue weighted by atomic mass is 16.5. The van der Waals surface area contributed by atoms with E-state index in [0.717, 1.165) is 42.0 Å². The van der Waals surface area contributed by atoms with Crippen LogP contribution in [0.25, 0.3) is 0 Å². The predicted molar refractivity (Wildman–Crippen MR) is 83.3 cm³/mol. The van der Waals surface area contributed by atoms with E-state index in [1.165, 1.54) is 0 Å². The number of benzene rings is 1. The van der Waals surface area contributed by atoms with Gasteiger partial charge in [0.1, 0.15) is 12.0 Å². The van der Waals surface area contributed by atoms with Crippen molar-refractivity contribution in [2.24, 2.45) is 0 Å². The van der Waals surface area contributed by atoms with E-state index < -0.39 is 5.41 Å². The van der Waals surface area contributed by atoms with Crippen LogP contribution in [0.15, 0.2) is 30.3 Å². The molecular formula is C17H21N3O2. The van der Waals surface area contributed by atoms with Gasteiger partial charge in [0, 0.05) is 30.8 Å². The maximum atomic E-state index is 12.5. The summed E-state index contributed by atoms with van der Waals surface area (Å²) in [6, 6.07) is 9.70. The first-order valence-electron chi connectivity index (χ1n) is 7.57. The minimum absolute atomic E-state index is 0.253. The van der Waals surface area contributed by atoms with Crippen molar-refractivity contribution >= 4 is 5.97 Å². The molecule has 2 heterocycles. The second-order valence-electron chi connectivity index (χ2n) is 6.14. The van der Waals surface area contributed by atoms with Crippen LogP contribution in [0.2, 0.25) is 0 Å². The molecule has 0 spiro atoms. The van der Waals surface area contributed by atoms with Crippen molar-refractivity contribution in [3.8, 4) is 0 Å². The summed E-state index contributed by atoms with van der Waals surface area (Å²) in [4.78, 5) is 12.5. The zero-order chi connectivity index (χ0) is 15.6. The Morgan fingerprint density at radius 1 is 1.32 bits per heavy atom. The molecule has 0 unspecified atom stereocenters. The fourth-order valence-corrected chi connectivity index (χ4v) is 2.74. The van der Waals surface area contributed by atoms with Crippen molar-refractivity contribution in [1.82, 2.24) is 15.5 Å². The SMILES string of the molecule is CC(C)(C(=O)OCc1ccccc1)c1n[nH]c2c1CNCC2. The minimum Gasteiger partial charge on any atom is -0.460 e. The van der Waals surface area contributed by atoms with Crippen LogP contribution in [0.5, 0.6) is 0 Å². The molecule has 1 aromatic carbocycles. The number of hydrogen-bond donors (Lipinski definition) is 2. The summed E-state index contributed by atoms with van der Waals surface area (Å²) in [7, 11) is 0. The van der Waals surface area contributed by atoms with Gasteiger partial charge in [-0.2, -0.15) is 5.10 Å². The molecule has 0 saturated carbocycles. The molecule has 1 aliphatic rings. The number of aromatic nitrogens is 2. The van der Waals surface area contributed by atoms with Gasteiger partial charge in [-0.15, -0.1) is 0 Å². The lowest BCUT2D eigenvalue weighted by molar-refractivity contribution is -0.150. The normalized spacial score (nSPS) is 14.5. The number of nitrogens with zero attached hydrogens (tertiary/aromatic N) is 1. The fraction of sp³-hybridized carbons (Fsp3) is 0.412. The van der Waals surface area contributed by atoms with Gasteiger partial charge in [0.15, 0.2) is 0 Å². The average Bonchev–Trinajstić information content (AvgIpc) is 2.98. The van der Waals surface area contributed by atoms with Crippen molar-refractivity contribution in [2.45, 2.75) is 38.8 Å². The first-order chi connectivity index (χ1) is 10.6. The van der Waals surface area contributed by atoms with Gasteiger partial charge in [0.25, 0.3) is 0 Å². The van der Waals surface area contributed by atoms with Crippen LogP contribution < -0.4 is 5.32 Å². The van der Waals surface area contributed by atoms with Gasteiger partial charge in [0.2, 0.25) is 0 Å². The second-order valence-corrected chi connectivity index (χ2v) is 6.14. The zero-order valence-corrected chi connectivity index (χ0v) is 13.0. The molecule has 5 heteroatoms. The van der Waals surface area contributed by atoms with Gasteiger partial charge in [0.05, 0.1) is 5.69 Å². The summed E-state index contributed by atoms with van der Waals surface area (Å²) in [6.45, 7) is 5.70. The lowest BCUT2D eigenvalue weighted by Crippen LogP contribution is -2.34. The fourth-order valence-electron chi connectivity index (χ4n) is 2.74. The Hall–Kier alpha value is -2.14. The van der Waals surface area contributed by atoms with E-state index in [9.17, 15) is 4.79 Å². The van der Waals surface area contributed by atoms with E-state index in [0.29, 0.717) is 0 Å². The van der Waals surface area contributed by atoms with E-state index in [2.05, 4.69) is 15.5 Å². The molecule has 0 fully saturated rings. The van der Waals surface area contributed by atoms with Crippen LogP contribution >= 0.6 is 0 Å². The van der Waals surface area contributed by atoms with E-state index in [1.54, 1.807) is 0 Å². The zero-order valence-electron chi connectivity index (χ0n) is 13.0. The predicted octanol–water partition coefficient (Wildman–Crippen LogP) is 2.08. The topological polar surface area (TPSA) is 67.0 Å². The summed E-state index contributed by atoms with van der Waals surface area (Å²) < 4.78 is 5.49. The Morgan fingerprint density at radius 3 is 2.86 bits per heavy atom. The van der Waals surface area contributed by atoms with Gasteiger partial charge in [-0.3, -0.25) is 9.89 Å². The van der Waals surface area contributed by atoms with Crippen molar-refractivity contribution < 1.29 is 9.53 Å². The maximum absolute atomic E-state index is 12.5. The molecule has 5 nitrogen and oxygen atoms in total. The van der Waals surface area contributed by atoms with Gasteiger partial charge in [-0.25, -0.2) is 0 Å². The number of ether oxygens (including phenoxy) is 1. The summed E-state index contributed by atoms with van der Waals surface area (Å²) in [5.74, 6) is -0.253. The van der Waals surface area contributed by atoms with Crippen LogP contribution in [0, 0.1) is 0 Å². The van der Waals surface area contributed by atoms with E-state index >= 15 is 0 Å². The van der Waals surface area contributed by atoms with Crippen molar-refractivity contribution in [2.75, 3.05) is 6.54 Å². The number of carbonyl (C=O) groups excluding carboxylic acids is 1. The minimum atomic E-state index is -0.766. The third-order valence-electron chi connectivity index (χ3n) is 4.12. The van der Waals surface area contributed by atoms with Crippen LogP contribution in [-0.2, 0) is 34.5 Å². The van der Waals surface area contributed by atoms with Crippen LogP contribution in [-0.4, -0.2) is 22.7 Å². The first-order valence-corrected chi connectivity index (χ1v) is 7.57. The second kappa shape index (κ2) is 5.93. The molecule has 3 rings (SSSR count). The number of carbonyl (C=O) groups is 1. The number of esters is 1. The van der Waals surface area contributed by atoms with Gasteiger partial charge in [-0.1, -0.05) is 30.3 Å². The van der Waals surface area contributed by atoms with Crippen molar-refractivity contribution in [3.05, 3.63) is 52.8 Å². The van der Waals surface area contributed by atoms with Crippen molar-refractivity contribution in [3.63, 3.8) is 0 Å². The molecule has 1 aliphatic heterocycles. The molecule has 0 atom stereocenters. The number of nitrogens with one attached hydrogen (secondary N) is 2. The summed E-state index contributed by atoms with van der Waals surface area (Å²) >= 11 is 0. The highest BCUT2D eigenvalue weighted by molar-refractivity contribution is 5.82. The molecule has 22 heavy (non-hydrogen) atoms. The monoisotopic (exact) mass is 299 g/mol. The third-order valence-corrected chi connectivity index (χ3v) is 4.12. The summed E-state index contributed by atoms with van der Waals surface area (Å²) in [5, 5.41) is 10.8. The molecule has 0 radical (unpaired) electrons. The van der Waals surface area contributed by atoms with Gasteiger partial charge >= 0.3 is 5.97 Å². The molecule has 2 N–H and O–H groups in total. The lowest BCUT2D eigenvalue weighted by Gasteiger charge is -2.23. The molecular weight excluding hydrogens is 278 g/mol. The number of rotatable bonds is 4. The molecule has 1 aromatic heterocycles. The number of aromatic amines is 1. The van der Waals surface area contributed by atoms with E-state index in [-0.39, 0.29) is 12.6 Å². The molecule has 2 aromatic rings. The van der Waals surface area contributed by atoms with Gasteiger partial charge in [-0.05, 0) is 19.4 Å². The molecule has 0 bridgehead atoms. The maximum Gasteiger partial charge on any atom is 0.318 e. The van der Waals surface area contributed by atoms with Gasteiger partial charge < -0.3 is 10.1 Å². The number of fused-ring (bicyclic) bond motifs is 1. The Bertz CT molecular complexity index is 662. The standard InChI is InChI=1S/C17H21N3O2/c1-17(2,15-13-10-18-9-8-14(13)19-20-15)16(21)22-11-12-6-4-3-5-7-12/h3-7,18H,8-11H2,1-2H3,(H,19,20). The average molecular weight is 299 g/mol. The van der Waals surface area contributed by atoms with E-state index in [1.807, 2.05) is 44.2 Å². The third kappa shape index (κ3) is 2.76. The summed E-state index contributed by atoms with van der Waals surface area (Å²) in [5.41, 5.74) is 3.23. The number of hydrogen-bond acceptors (Lipinski definition) is 4. The van der Waals surface area contributed by atoms with Crippen LogP contribution in [0.3, 0.4) is 0 Å². The molecule has 0 amide bonds. The Labute approximate surface area is 130 Å². The molecule has 0 aliphatic carbocycles. The highest BCUT2D eigenvalue weighted by Gasteiger charge is 2.37. The Kier molecular flexibility index (Phi) is 3.98. The lowest BCUT2D eigenvalue weighted by atomic mass is 9.85. The van der Waals surface area contributed by atoms with Crippen LogP contribution in [0.4, 0.5) is 0 Å². The first kappa shape index (κ1) is 14.8. The Balaban J connectivity index is 1.74. The molecule has 116 valence electrons. The number of H-pyrrole nitrogens is 1. The smallest absolute Gasteiger partial charge is 0.318 e. The van der Waals surface area contributed by atoms with Crippen LogP contribution in [0.1, 0.15) is 36.4 Å². The quantitative estimate of drug-likeness (QED) is 0.848. The van der Waals surface area contributed by atoms with Crippen molar-refractivity contribution in [1.29, 1.82) is 0 Å². The Morgan fingerprint density at radius 2 is 2.09 bits per heavy atom.